The summed E-state index contributed by atoms with van der Waals surface area (Å²) in [6.45, 7) is 4.04. The van der Waals surface area contributed by atoms with E-state index in [-0.39, 0.29) is 28.4 Å². The molecule has 2 atom stereocenters. The normalized spacial score (nSPS) is 16.8. The summed E-state index contributed by atoms with van der Waals surface area (Å²) in [7, 11) is 0. The lowest BCUT2D eigenvalue weighted by atomic mass is 10.0. The first-order valence-electron chi connectivity index (χ1n) is 14.7. The van der Waals surface area contributed by atoms with Crippen molar-refractivity contribution < 1.29 is 23.9 Å². The van der Waals surface area contributed by atoms with Gasteiger partial charge in [0.1, 0.15) is 17.5 Å². The number of nitrogens with zero attached hydrogens (tertiary/aromatic N) is 2. The van der Waals surface area contributed by atoms with Gasteiger partial charge in [-0.2, -0.15) is 0 Å². The van der Waals surface area contributed by atoms with Crippen molar-refractivity contribution in [3.05, 3.63) is 160 Å². The van der Waals surface area contributed by atoms with Gasteiger partial charge in [-0.15, -0.1) is 0 Å². The summed E-state index contributed by atoms with van der Waals surface area (Å²) in [6, 6.07) is 34.3. The van der Waals surface area contributed by atoms with Crippen LogP contribution in [-0.2, 0) is 0 Å². The quantitative estimate of drug-likeness (QED) is 0.112. The van der Waals surface area contributed by atoms with Crippen LogP contribution in [0.1, 0.15) is 64.2 Å². The van der Waals surface area contributed by atoms with Crippen LogP contribution in [0.15, 0.2) is 121 Å². The number of carbonyl (C=O) groups is 4. The van der Waals surface area contributed by atoms with Gasteiger partial charge < -0.3 is 9.64 Å². The standard InChI is InChI=1S/C38H28N2O5/c1-23-13-17-30(21-24(23)2)45-29-18-15-28(16-19-29)39-37(43)31-20-14-27(22-32(31)38(39)44)36(42)40-33(25-9-5-3-6-10-25)34(40)35(41)26-11-7-4-8-12-26/h3-22,33-34H,1-2H3/t33-,34+,40?/m1/s1. The van der Waals surface area contributed by atoms with E-state index in [4.69, 9.17) is 4.74 Å². The van der Waals surface area contributed by atoms with Crippen LogP contribution >= 0.6 is 0 Å². The fourth-order valence-electron chi connectivity index (χ4n) is 5.85. The number of rotatable bonds is 7. The van der Waals surface area contributed by atoms with Crippen molar-refractivity contribution >= 4 is 29.2 Å². The largest absolute Gasteiger partial charge is 0.457 e. The molecule has 5 aromatic rings. The van der Waals surface area contributed by atoms with Gasteiger partial charge in [-0.25, -0.2) is 4.90 Å². The molecule has 0 spiro atoms. The van der Waals surface area contributed by atoms with E-state index in [0.29, 0.717) is 22.7 Å². The number of aryl methyl sites for hydroxylation is 2. The molecule has 2 aliphatic heterocycles. The zero-order chi connectivity index (χ0) is 31.2. The van der Waals surface area contributed by atoms with Crippen LogP contribution < -0.4 is 9.64 Å². The lowest BCUT2D eigenvalue weighted by Crippen LogP contribution is -2.29. The lowest BCUT2D eigenvalue weighted by Gasteiger charge is -2.15. The highest BCUT2D eigenvalue weighted by Crippen LogP contribution is 2.46. The van der Waals surface area contributed by atoms with E-state index in [1.165, 1.54) is 17.7 Å². The van der Waals surface area contributed by atoms with Crippen molar-refractivity contribution in [2.24, 2.45) is 0 Å². The Balaban J connectivity index is 1.13. The Kier molecular flexibility index (Phi) is 6.86. The summed E-state index contributed by atoms with van der Waals surface area (Å²) in [5.74, 6) is -0.263. The number of ether oxygens (including phenoxy) is 1. The first kappa shape index (κ1) is 28.0. The molecule has 7 nitrogen and oxygen atoms in total. The topological polar surface area (TPSA) is 83.8 Å². The Bertz CT molecular complexity index is 1990. The third kappa shape index (κ3) is 4.98. The van der Waals surface area contributed by atoms with Gasteiger partial charge in [0.2, 0.25) is 0 Å². The average molecular weight is 593 g/mol. The minimum atomic E-state index is -0.672. The van der Waals surface area contributed by atoms with Gasteiger partial charge in [0.05, 0.1) is 22.9 Å². The highest BCUT2D eigenvalue weighted by molar-refractivity contribution is 6.34. The summed E-state index contributed by atoms with van der Waals surface area (Å²) in [6.07, 6.45) is 0. The summed E-state index contributed by atoms with van der Waals surface area (Å²) in [5, 5.41) is 0. The van der Waals surface area contributed by atoms with Gasteiger partial charge in [0, 0.05) is 11.1 Å². The average Bonchev–Trinajstić information content (AvgIpc) is 3.77. The van der Waals surface area contributed by atoms with E-state index in [1.54, 1.807) is 59.5 Å². The molecule has 5 aromatic carbocycles. The van der Waals surface area contributed by atoms with Crippen LogP contribution in [0.25, 0.3) is 0 Å². The fraction of sp³-hybridized carbons (Fsp3) is 0.105. The Morgan fingerprint density at radius 2 is 1.27 bits per heavy atom. The number of hydrogen-bond donors (Lipinski definition) is 0. The van der Waals surface area contributed by atoms with Crippen molar-refractivity contribution in [1.82, 2.24) is 4.90 Å². The first-order valence-corrected chi connectivity index (χ1v) is 14.7. The zero-order valence-electron chi connectivity index (χ0n) is 24.6. The molecule has 2 aliphatic rings. The highest BCUT2D eigenvalue weighted by atomic mass is 16.5. The second kappa shape index (κ2) is 11.0. The molecule has 0 radical (unpaired) electrons. The van der Waals surface area contributed by atoms with Crippen molar-refractivity contribution in [2.45, 2.75) is 25.9 Å². The number of Topliss-reactive ketones (excluding diaryl/α,β-unsaturated/α-hetero) is 1. The molecule has 220 valence electrons. The van der Waals surface area contributed by atoms with Crippen LogP contribution in [0.3, 0.4) is 0 Å². The van der Waals surface area contributed by atoms with E-state index in [9.17, 15) is 19.2 Å². The Labute approximate surface area is 260 Å². The number of carbonyl (C=O) groups excluding carboxylic acids is 4. The molecular weight excluding hydrogens is 564 g/mol. The van der Waals surface area contributed by atoms with E-state index in [2.05, 4.69) is 0 Å². The second-order valence-corrected chi connectivity index (χ2v) is 11.3. The smallest absolute Gasteiger partial charge is 0.266 e. The maximum atomic E-state index is 13.9. The Morgan fingerprint density at radius 3 is 1.96 bits per heavy atom. The maximum Gasteiger partial charge on any atom is 0.266 e. The van der Waals surface area contributed by atoms with Crippen LogP contribution in [0.5, 0.6) is 11.5 Å². The molecule has 0 N–H and O–H groups in total. The Morgan fingerprint density at radius 1 is 0.622 bits per heavy atom. The number of imide groups is 1. The van der Waals surface area contributed by atoms with E-state index in [1.807, 2.05) is 68.4 Å². The van der Waals surface area contributed by atoms with Crippen molar-refractivity contribution in [3.63, 3.8) is 0 Å². The van der Waals surface area contributed by atoms with E-state index < -0.39 is 23.9 Å². The monoisotopic (exact) mass is 592 g/mol. The number of anilines is 1. The molecule has 45 heavy (non-hydrogen) atoms. The number of hydrogen-bond acceptors (Lipinski definition) is 5. The van der Waals surface area contributed by atoms with Crippen LogP contribution in [0.4, 0.5) is 5.69 Å². The van der Waals surface area contributed by atoms with Crippen LogP contribution in [0.2, 0.25) is 0 Å². The molecule has 0 saturated carbocycles. The summed E-state index contributed by atoms with van der Waals surface area (Å²) >= 11 is 0. The van der Waals surface area contributed by atoms with Crippen molar-refractivity contribution in [1.29, 1.82) is 0 Å². The van der Waals surface area contributed by atoms with Crippen LogP contribution in [-0.4, -0.2) is 34.4 Å². The molecule has 2 heterocycles. The highest BCUT2D eigenvalue weighted by Gasteiger charge is 2.56. The molecule has 0 bridgehead atoms. The Hall–Kier alpha value is -5.82. The van der Waals surface area contributed by atoms with E-state index >= 15 is 0 Å². The van der Waals surface area contributed by atoms with Crippen molar-refractivity contribution in [3.8, 4) is 11.5 Å². The van der Waals surface area contributed by atoms with Gasteiger partial charge >= 0.3 is 0 Å². The van der Waals surface area contributed by atoms with Crippen LogP contribution in [0, 0.1) is 13.8 Å². The molecular formula is C38H28N2O5. The van der Waals surface area contributed by atoms with Gasteiger partial charge in [0.25, 0.3) is 17.7 Å². The van der Waals surface area contributed by atoms with Gasteiger partial charge in [-0.05, 0) is 85.1 Å². The molecule has 1 fully saturated rings. The van der Waals surface area contributed by atoms with E-state index in [0.717, 1.165) is 16.0 Å². The predicted molar refractivity (Wildman–Crippen MR) is 170 cm³/mol. The minimum absolute atomic E-state index is 0.144. The second-order valence-electron chi connectivity index (χ2n) is 11.3. The molecule has 1 saturated heterocycles. The summed E-state index contributed by atoms with van der Waals surface area (Å²) < 4.78 is 5.96. The summed E-state index contributed by atoms with van der Waals surface area (Å²) in [4.78, 5) is 56.9. The van der Waals surface area contributed by atoms with Gasteiger partial charge in [-0.3, -0.25) is 19.2 Å². The van der Waals surface area contributed by atoms with Gasteiger partial charge in [0.15, 0.2) is 5.78 Å². The number of ketones is 1. The zero-order valence-corrected chi connectivity index (χ0v) is 24.6. The lowest BCUT2D eigenvalue weighted by molar-refractivity contribution is 0.0833. The maximum absolute atomic E-state index is 13.9. The first-order chi connectivity index (χ1) is 21.8. The third-order valence-electron chi connectivity index (χ3n) is 8.45. The summed E-state index contributed by atoms with van der Waals surface area (Å²) in [5.41, 5.74) is 4.64. The number of fused-ring (bicyclic) bond motifs is 1. The van der Waals surface area contributed by atoms with Crippen molar-refractivity contribution in [2.75, 3.05) is 4.90 Å². The number of benzene rings is 5. The molecule has 0 unspecified atom stereocenters. The molecule has 7 heteroatoms. The van der Waals surface area contributed by atoms with Gasteiger partial charge in [-0.1, -0.05) is 66.7 Å². The fourth-order valence-corrected chi connectivity index (χ4v) is 5.85. The number of amides is 3. The molecule has 3 amide bonds. The molecule has 0 aromatic heterocycles. The minimum Gasteiger partial charge on any atom is -0.457 e. The predicted octanol–water partition coefficient (Wildman–Crippen LogP) is 7.34. The third-order valence-corrected chi connectivity index (χ3v) is 8.45. The molecule has 0 aliphatic carbocycles. The SMILES string of the molecule is Cc1ccc(Oc2ccc(N3C(=O)c4ccc(C(=O)N5[C@H](C(=O)c6ccccc6)[C@H]5c5ccccc5)cc4C3=O)cc2)cc1C. The molecule has 7 rings (SSSR count).